The number of carboxylic acid groups (broad SMARTS) is 1. The Morgan fingerprint density at radius 1 is 1.55 bits per heavy atom. The van der Waals surface area contributed by atoms with Gasteiger partial charge in [-0.25, -0.2) is 0 Å². The van der Waals surface area contributed by atoms with Crippen molar-refractivity contribution in [3.8, 4) is 0 Å². The summed E-state index contributed by atoms with van der Waals surface area (Å²) in [4.78, 5) is 12.7. The van der Waals surface area contributed by atoms with E-state index in [0.29, 0.717) is 12.6 Å². The topological polar surface area (TPSA) is 40.5 Å². The molecule has 0 bridgehead atoms. The van der Waals surface area contributed by atoms with Gasteiger partial charge in [-0.2, -0.15) is 0 Å². The summed E-state index contributed by atoms with van der Waals surface area (Å²) < 4.78 is 0. The molecule has 0 aromatic rings. The number of rotatable bonds is 1. The van der Waals surface area contributed by atoms with Crippen molar-refractivity contribution in [2.24, 2.45) is 5.92 Å². The van der Waals surface area contributed by atoms with Gasteiger partial charge in [0.25, 0.3) is 0 Å². The van der Waals surface area contributed by atoms with E-state index >= 15 is 0 Å². The number of carboxylic acids is 1. The Hall–Kier alpha value is -0.570. The van der Waals surface area contributed by atoms with Crippen LogP contribution in [0.4, 0.5) is 0 Å². The van der Waals surface area contributed by atoms with E-state index in [4.69, 9.17) is 5.11 Å². The maximum Gasteiger partial charge on any atom is 0.307 e. The maximum atomic E-state index is 10.6. The highest BCUT2D eigenvalue weighted by Gasteiger charge is 2.26. The zero-order chi connectivity index (χ0) is 8.43. The molecule has 0 saturated carbocycles. The van der Waals surface area contributed by atoms with Gasteiger partial charge in [0.05, 0.1) is 5.92 Å². The molecule has 0 unspecified atom stereocenters. The molecule has 1 saturated heterocycles. The number of nitrogens with zero attached hydrogens (tertiary/aromatic N) is 1. The van der Waals surface area contributed by atoms with Crippen LogP contribution >= 0.6 is 0 Å². The van der Waals surface area contributed by atoms with Gasteiger partial charge in [0.15, 0.2) is 0 Å². The van der Waals surface area contributed by atoms with Gasteiger partial charge in [0.2, 0.25) is 0 Å². The van der Waals surface area contributed by atoms with E-state index < -0.39 is 5.97 Å². The number of aliphatic carboxylic acids is 1. The molecule has 0 radical (unpaired) electrons. The average molecular weight is 157 g/mol. The van der Waals surface area contributed by atoms with Crippen LogP contribution in [0.5, 0.6) is 0 Å². The molecule has 1 aliphatic heterocycles. The number of hydrogen-bond donors (Lipinski definition) is 1. The standard InChI is InChI=1S/C8H15NO2/c1-6-3-4-7(8(10)11)5-9(6)2/h6-7H,3-5H2,1-2H3,(H,10,11)/t6-,7-/m0/s1. The van der Waals surface area contributed by atoms with Crippen LogP contribution in [0.1, 0.15) is 19.8 Å². The Morgan fingerprint density at radius 3 is 2.64 bits per heavy atom. The third kappa shape index (κ3) is 1.93. The van der Waals surface area contributed by atoms with E-state index in [0.717, 1.165) is 12.8 Å². The second-order valence-corrected chi connectivity index (χ2v) is 3.40. The minimum atomic E-state index is -0.649. The number of carbonyl (C=O) groups is 1. The first-order valence-electron chi connectivity index (χ1n) is 4.04. The van der Waals surface area contributed by atoms with Crippen molar-refractivity contribution in [2.75, 3.05) is 13.6 Å². The van der Waals surface area contributed by atoms with Gasteiger partial charge < -0.3 is 10.0 Å². The minimum absolute atomic E-state index is 0.142. The second kappa shape index (κ2) is 3.22. The Labute approximate surface area is 67.0 Å². The summed E-state index contributed by atoms with van der Waals surface area (Å²) in [6.45, 7) is 2.84. The van der Waals surface area contributed by atoms with Crippen molar-refractivity contribution < 1.29 is 9.90 Å². The van der Waals surface area contributed by atoms with Gasteiger partial charge >= 0.3 is 5.97 Å². The molecule has 1 N–H and O–H groups in total. The van der Waals surface area contributed by atoms with Crippen LogP contribution in [-0.2, 0) is 4.79 Å². The Morgan fingerprint density at radius 2 is 2.18 bits per heavy atom. The van der Waals surface area contributed by atoms with Crippen molar-refractivity contribution in [1.29, 1.82) is 0 Å². The summed E-state index contributed by atoms with van der Waals surface area (Å²) in [5, 5.41) is 8.72. The van der Waals surface area contributed by atoms with Crippen LogP contribution in [0.3, 0.4) is 0 Å². The molecule has 1 fully saturated rings. The molecule has 1 heterocycles. The first kappa shape index (κ1) is 8.53. The normalized spacial score (nSPS) is 33.6. The Balaban J connectivity index is 2.46. The SMILES string of the molecule is C[C@H]1CC[C@H](C(=O)O)CN1C. The van der Waals surface area contributed by atoms with Crippen LogP contribution in [0.25, 0.3) is 0 Å². The molecule has 64 valence electrons. The molecule has 11 heavy (non-hydrogen) atoms. The summed E-state index contributed by atoms with van der Waals surface area (Å²) in [5.41, 5.74) is 0. The molecule has 1 rings (SSSR count). The van der Waals surface area contributed by atoms with E-state index in [-0.39, 0.29) is 5.92 Å². The zero-order valence-corrected chi connectivity index (χ0v) is 7.08. The summed E-state index contributed by atoms with van der Waals surface area (Å²) >= 11 is 0. The third-order valence-corrected chi connectivity index (χ3v) is 2.54. The van der Waals surface area contributed by atoms with Gasteiger partial charge in [0, 0.05) is 12.6 Å². The molecule has 3 heteroatoms. The zero-order valence-electron chi connectivity index (χ0n) is 7.08. The van der Waals surface area contributed by atoms with Crippen molar-refractivity contribution >= 4 is 5.97 Å². The molecule has 2 atom stereocenters. The van der Waals surface area contributed by atoms with E-state index in [1.807, 2.05) is 7.05 Å². The van der Waals surface area contributed by atoms with Gasteiger partial charge in [0.1, 0.15) is 0 Å². The molecule has 0 aromatic carbocycles. The smallest absolute Gasteiger partial charge is 0.307 e. The van der Waals surface area contributed by atoms with E-state index in [2.05, 4.69) is 11.8 Å². The monoisotopic (exact) mass is 157 g/mol. The lowest BCUT2D eigenvalue weighted by atomic mass is 9.94. The molecule has 0 aromatic heterocycles. The molecule has 0 aliphatic carbocycles. The predicted molar refractivity (Wildman–Crippen MR) is 42.5 cm³/mol. The van der Waals surface area contributed by atoms with Gasteiger partial charge in [-0.15, -0.1) is 0 Å². The molecule has 1 aliphatic rings. The van der Waals surface area contributed by atoms with E-state index in [9.17, 15) is 4.79 Å². The van der Waals surface area contributed by atoms with Crippen LogP contribution in [0.15, 0.2) is 0 Å². The largest absolute Gasteiger partial charge is 0.481 e. The van der Waals surface area contributed by atoms with Crippen LogP contribution < -0.4 is 0 Å². The van der Waals surface area contributed by atoms with Crippen molar-refractivity contribution in [1.82, 2.24) is 4.90 Å². The molecule has 0 spiro atoms. The van der Waals surface area contributed by atoms with Crippen molar-refractivity contribution in [2.45, 2.75) is 25.8 Å². The first-order valence-corrected chi connectivity index (χ1v) is 4.04. The van der Waals surface area contributed by atoms with Gasteiger partial charge in [-0.05, 0) is 26.8 Å². The van der Waals surface area contributed by atoms with E-state index in [1.54, 1.807) is 0 Å². The quantitative estimate of drug-likeness (QED) is 0.612. The Bertz CT molecular complexity index is 158. The Kier molecular flexibility index (Phi) is 2.49. The highest BCUT2D eigenvalue weighted by atomic mass is 16.4. The number of hydrogen-bond acceptors (Lipinski definition) is 2. The number of likely N-dealkylation sites (tertiary alicyclic amines) is 1. The lowest BCUT2D eigenvalue weighted by Gasteiger charge is -2.33. The third-order valence-electron chi connectivity index (χ3n) is 2.54. The van der Waals surface area contributed by atoms with Crippen molar-refractivity contribution in [3.63, 3.8) is 0 Å². The number of piperidine rings is 1. The van der Waals surface area contributed by atoms with Crippen LogP contribution in [-0.4, -0.2) is 35.6 Å². The summed E-state index contributed by atoms with van der Waals surface area (Å²) in [6.07, 6.45) is 1.84. The maximum absolute atomic E-state index is 10.6. The molecule has 0 amide bonds. The minimum Gasteiger partial charge on any atom is -0.481 e. The summed E-state index contributed by atoms with van der Waals surface area (Å²) in [5.74, 6) is -0.792. The average Bonchev–Trinajstić information content (AvgIpc) is 1.94. The van der Waals surface area contributed by atoms with Crippen LogP contribution in [0, 0.1) is 5.92 Å². The first-order chi connectivity index (χ1) is 5.11. The molecular weight excluding hydrogens is 142 g/mol. The highest BCUT2D eigenvalue weighted by Crippen LogP contribution is 2.19. The van der Waals surface area contributed by atoms with E-state index in [1.165, 1.54) is 0 Å². The van der Waals surface area contributed by atoms with Gasteiger partial charge in [-0.1, -0.05) is 0 Å². The fraction of sp³-hybridized carbons (Fsp3) is 0.875. The fourth-order valence-corrected chi connectivity index (χ4v) is 1.48. The van der Waals surface area contributed by atoms with Crippen LogP contribution in [0.2, 0.25) is 0 Å². The highest BCUT2D eigenvalue weighted by molar-refractivity contribution is 5.70. The van der Waals surface area contributed by atoms with Gasteiger partial charge in [-0.3, -0.25) is 4.79 Å². The fourth-order valence-electron chi connectivity index (χ4n) is 1.48. The summed E-state index contributed by atoms with van der Waals surface area (Å²) in [6, 6.07) is 0.547. The summed E-state index contributed by atoms with van der Waals surface area (Å²) in [7, 11) is 1.99. The predicted octanol–water partition coefficient (Wildman–Crippen LogP) is 0.801. The van der Waals surface area contributed by atoms with Crippen molar-refractivity contribution in [3.05, 3.63) is 0 Å². The lowest BCUT2D eigenvalue weighted by molar-refractivity contribution is -0.143. The molecular formula is C8H15NO2. The lowest BCUT2D eigenvalue weighted by Crippen LogP contribution is -2.41. The molecule has 3 nitrogen and oxygen atoms in total. The second-order valence-electron chi connectivity index (χ2n) is 3.40.